The Morgan fingerprint density at radius 2 is 1.86 bits per heavy atom. The monoisotopic (exact) mass is 310 g/mol. The zero-order valence-electron chi connectivity index (χ0n) is 14.9. The van der Waals surface area contributed by atoms with Crippen LogP contribution in [0.4, 0.5) is 4.79 Å². The molecule has 1 aliphatic heterocycles. The Bertz CT molecular complexity index is 370. The van der Waals surface area contributed by atoms with Crippen LogP contribution in [0.2, 0.25) is 0 Å². The molecule has 0 aromatic heterocycles. The first-order valence-corrected chi connectivity index (χ1v) is 8.99. The maximum Gasteiger partial charge on any atom is 0.410 e. The van der Waals surface area contributed by atoms with E-state index in [4.69, 9.17) is 4.74 Å². The molecule has 2 fully saturated rings. The maximum atomic E-state index is 12.2. The Hall–Kier alpha value is -0.770. The minimum Gasteiger partial charge on any atom is -0.444 e. The number of nitrogens with one attached hydrogen (secondary N) is 1. The van der Waals surface area contributed by atoms with Crippen LogP contribution in [0.1, 0.15) is 72.6 Å². The summed E-state index contributed by atoms with van der Waals surface area (Å²) in [5.41, 5.74) is 0.0925. The number of hydrogen-bond donors (Lipinski definition) is 1. The molecule has 1 N–H and O–H groups in total. The molecule has 4 heteroatoms. The summed E-state index contributed by atoms with van der Waals surface area (Å²) in [5.74, 6) is 0. The van der Waals surface area contributed by atoms with Crippen LogP contribution in [0.25, 0.3) is 0 Å². The predicted octanol–water partition coefficient (Wildman–Crippen LogP) is 3.95. The van der Waals surface area contributed by atoms with E-state index in [1.54, 1.807) is 0 Å². The highest BCUT2D eigenvalue weighted by atomic mass is 16.6. The van der Waals surface area contributed by atoms with E-state index in [1.807, 2.05) is 25.7 Å². The van der Waals surface area contributed by atoms with Crippen molar-refractivity contribution >= 4 is 6.09 Å². The lowest BCUT2D eigenvalue weighted by molar-refractivity contribution is 0.0256. The number of carbonyl (C=O) groups is 1. The Balaban J connectivity index is 1.76. The standard InChI is InChI=1S/C18H34N2O2/c1-17(2,3)22-16(21)20-12-7-8-15(9-13-20)19-14-18(4)10-5-6-11-18/h15,19H,5-14H2,1-4H3. The molecule has 1 unspecified atom stereocenters. The van der Waals surface area contributed by atoms with Crippen molar-refractivity contribution < 1.29 is 9.53 Å². The van der Waals surface area contributed by atoms with Crippen molar-refractivity contribution in [3.8, 4) is 0 Å². The summed E-state index contributed by atoms with van der Waals surface area (Å²) in [6.07, 6.45) is 8.59. The van der Waals surface area contributed by atoms with Crippen LogP contribution < -0.4 is 5.32 Å². The normalized spacial score (nSPS) is 25.8. The highest BCUT2D eigenvalue weighted by Gasteiger charge is 2.30. The maximum absolute atomic E-state index is 12.2. The molecule has 2 rings (SSSR count). The molecule has 4 nitrogen and oxygen atoms in total. The van der Waals surface area contributed by atoms with E-state index >= 15 is 0 Å². The van der Waals surface area contributed by atoms with Crippen molar-refractivity contribution in [2.75, 3.05) is 19.6 Å². The van der Waals surface area contributed by atoms with E-state index in [-0.39, 0.29) is 6.09 Å². The summed E-state index contributed by atoms with van der Waals surface area (Å²) in [5, 5.41) is 3.77. The van der Waals surface area contributed by atoms with Gasteiger partial charge in [0.15, 0.2) is 0 Å². The summed E-state index contributed by atoms with van der Waals surface area (Å²) in [6.45, 7) is 11.0. The van der Waals surface area contributed by atoms with Gasteiger partial charge in [-0.05, 0) is 58.3 Å². The fourth-order valence-corrected chi connectivity index (χ4v) is 3.61. The van der Waals surface area contributed by atoms with Gasteiger partial charge in [-0.3, -0.25) is 0 Å². The van der Waals surface area contributed by atoms with E-state index in [9.17, 15) is 4.79 Å². The van der Waals surface area contributed by atoms with Crippen LogP contribution in [-0.2, 0) is 4.74 Å². The number of rotatable bonds is 3. The zero-order chi connectivity index (χ0) is 16.2. The largest absolute Gasteiger partial charge is 0.444 e. The van der Waals surface area contributed by atoms with E-state index in [0.29, 0.717) is 11.5 Å². The molecule has 0 radical (unpaired) electrons. The van der Waals surface area contributed by atoms with Crippen molar-refractivity contribution in [1.82, 2.24) is 10.2 Å². The summed E-state index contributed by atoms with van der Waals surface area (Å²) in [4.78, 5) is 14.1. The van der Waals surface area contributed by atoms with Gasteiger partial charge in [-0.15, -0.1) is 0 Å². The molecule has 0 aromatic carbocycles. The van der Waals surface area contributed by atoms with Crippen molar-refractivity contribution in [1.29, 1.82) is 0 Å². The van der Waals surface area contributed by atoms with Gasteiger partial charge in [-0.25, -0.2) is 4.79 Å². The van der Waals surface area contributed by atoms with Crippen LogP contribution in [0, 0.1) is 5.41 Å². The first-order valence-electron chi connectivity index (χ1n) is 8.99. The van der Waals surface area contributed by atoms with Crippen molar-refractivity contribution in [2.45, 2.75) is 84.3 Å². The third-order valence-corrected chi connectivity index (χ3v) is 5.01. The number of hydrogen-bond acceptors (Lipinski definition) is 3. The Morgan fingerprint density at radius 1 is 1.18 bits per heavy atom. The molecular formula is C18H34N2O2. The number of carbonyl (C=O) groups excluding carboxylic acids is 1. The first kappa shape index (κ1) is 17.6. The minimum atomic E-state index is -0.405. The number of amides is 1. The third kappa shape index (κ3) is 5.45. The lowest BCUT2D eigenvalue weighted by Gasteiger charge is -2.28. The topological polar surface area (TPSA) is 41.6 Å². The second-order valence-corrected chi connectivity index (χ2v) is 8.49. The Morgan fingerprint density at radius 3 is 2.50 bits per heavy atom. The smallest absolute Gasteiger partial charge is 0.410 e. The summed E-state index contributed by atoms with van der Waals surface area (Å²) >= 11 is 0. The van der Waals surface area contributed by atoms with Gasteiger partial charge in [0, 0.05) is 25.7 Å². The van der Waals surface area contributed by atoms with Crippen molar-refractivity contribution in [3.05, 3.63) is 0 Å². The van der Waals surface area contributed by atoms with Crippen LogP contribution in [-0.4, -0.2) is 42.3 Å². The zero-order valence-corrected chi connectivity index (χ0v) is 14.9. The van der Waals surface area contributed by atoms with Crippen LogP contribution in [0.15, 0.2) is 0 Å². The van der Waals surface area contributed by atoms with Crippen molar-refractivity contribution in [3.63, 3.8) is 0 Å². The van der Waals surface area contributed by atoms with Gasteiger partial charge >= 0.3 is 6.09 Å². The van der Waals surface area contributed by atoms with E-state index in [0.717, 1.165) is 38.9 Å². The quantitative estimate of drug-likeness (QED) is 0.858. The van der Waals surface area contributed by atoms with Gasteiger partial charge in [0.1, 0.15) is 5.60 Å². The van der Waals surface area contributed by atoms with E-state index < -0.39 is 5.60 Å². The second kappa shape index (κ2) is 7.20. The van der Waals surface area contributed by atoms with Crippen molar-refractivity contribution in [2.24, 2.45) is 5.41 Å². The predicted molar refractivity (Wildman–Crippen MR) is 90.0 cm³/mol. The fraction of sp³-hybridized carbons (Fsp3) is 0.944. The molecule has 22 heavy (non-hydrogen) atoms. The number of nitrogens with zero attached hydrogens (tertiary/aromatic N) is 1. The molecule has 1 atom stereocenters. The average molecular weight is 310 g/mol. The number of ether oxygens (including phenoxy) is 1. The van der Waals surface area contributed by atoms with Gasteiger partial charge < -0.3 is 15.0 Å². The van der Waals surface area contributed by atoms with Gasteiger partial charge in [-0.1, -0.05) is 19.8 Å². The van der Waals surface area contributed by atoms with Gasteiger partial charge in [0.05, 0.1) is 0 Å². The minimum absolute atomic E-state index is 0.157. The molecule has 0 bridgehead atoms. The van der Waals surface area contributed by atoms with E-state index in [2.05, 4.69) is 12.2 Å². The molecule has 0 spiro atoms. The number of likely N-dealkylation sites (tertiary alicyclic amines) is 1. The van der Waals surface area contributed by atoms with Gasteiger partial charge in [-0.2, -0.15) is 0 Å². The molecule has 1 saturated carbocycles. The summed E-state index contributed by atoms with van der Waals surface area (Å²) in [6, 6.07) is 0.546. The molecule has 2 aliphatic rings. The average Bonchev–Trinajstić information content (AvgIpc) is 2.71. The van der Waals surface area contributed by atoms with Gasteiger partial charge in [0.2, 0.25) is 0 Å². The lowest BCUT2D eigenvalue weighted by Crippen LogP contribution is -2.39. The molecule has 1 amide bonds. The van der Waals surface area contributed by atoms with Crippen LogP contribution in [0.5, 0.6) is 0 Å². The first-order chi connectivity index (χ1) is 10.3. The Labute approximate surface area is 136 Å². The molecule has 128 valence electrons. The molecular weight excluding hydrogens is 276 g/mol. The molecule has 1 saturated heterocycles. The molecule has 1 heterocycles. The summed E-state index contributed by atoms with van der Waals surface area (Å²) in [7, 11) is 0. The van der Waals surface area contributed by atoms with E-state index in [1.165, 1.54) is 25.7 Å². The fourth-order valence-electron chi connectivity index (χ4n) is 3.61. The second-order valence-electron chi connectivity index (χ2n) is 8.49. The lowest BCUT2D eigenvalue weighted by atomic mass is 9.88. The SMILES string of the molecule is CC1(CNC2CCCN(C(=O)OC(C)(C)C)CC2)CCCC1. The van der Waals surface area contributed by atoms with Gasteiger partial charge in [0.25, 0.3) is 0 Å². The molecule has 0 aromatic rings. The Kier molecular flexibility index (Phi) is 5.76. The van der Waals surface area contributed by atoms with Crippen LogP contribution >= 0.6 is 0 Å². The molecule has 1 aliphatic carbocycles. The summed E-state index contributed by atoms with van der Waals surface area (Å²) < 4.78 is 5.49. The highest BCUT2D eigenvalue weighted by molar-refractivity contribution is 5.68. The third-order valence-electron chi connectivity index (χ3n) is 5.01. The highest BCUT2D eigenvalue weighted by Crippen LogP contribution is 2.36. The van der Waals surface area contributed by atoms with Crippen LogP contribution in [0.3, 0.4) is 0 Å².